The van der Waals surface area contributed by atoms with Crippen LogP contribution in [0.5, 0.6) is 0 Å². The molecule has 1 atom stereocenters. The summed E-state index contributed by atoms with van der Waals surface area (Å²) >= 11 is 0. The number of benzene rings is 1. The van der Waals surface area contributed by atoms with E-state index in [1.165, 1.54) is 5.56 Å². The molecule has 1 aromatic carbocycles. The van der Waals surface area contributed by atoms with Gasteiger partial charge in [-0.3, -0.25) is 4.99 Å². The van der Waals surface area contributed by atoms with Gasteiger partial charge in [0.25, 0.3) is 0 Å². The highest BCUT2D eigenvalue weighted by molar-refractivity contribution is 5.81. The third kappa shape index (κ3) is 2.09. The normalized spacial score (nSPS) is 23.6. The van der Waals surface area contributed by atoms with Crippen LogP contribution in [0.1, 0.15) is 32.8 Å². The molecule has 1 aromatic rings. The fourth-order valence-electron chi connectivity index (χ4n) is 3.03. The minimum absolute atomic E-state index is 0.0474. The van der Waals surface area contributed by atoms with E-state index >= 15 is 0 Å². The predicted molar refractivity (Wildman–Crippen MR) is 76.4 cm³/mol. The molecular weight excluding hydrogens is 222 g/mol. The van der Waals surface area contributed by atoms with Gasteiger partial charge in [0.2, 0.25) is 0 Å². The molecule has 0 aliphatic carbocycles. The molecule has 1 unspecified atom stereocenters. The highest BCUT2D eigenvalue weighted by atomic mass is 15.4. The molecule has 18 heavy (non-hydrogen) atoms. The van der Waals surface area contributed by atoms with Gasteiger partial charge in [0.15, 0.2) is 5.96 Å². The summed E-state index contributed by atoms with van der Waals surface area (Å²) in [4.78, 5) is 6.74. The quantitative estimate of drug-likeness (QED) is 0.886. The van der Waals surface area contributed by atoms with E-state index in [2.05, 4.69) is 61.0 Å². The summed E-state index contributed by atoms with van der Waals surface area (Å²) < 4.78 is 0. The van der Waals surface area contributed by atoms with Crippen LogP contribution in [0.3, 0.4) is 0 Å². The van der Waals surface area contributed by atoms with Gasteiger partial charge >= 0.3 is 0 Å². The van der Waals surface area contributed by atoms with Crippen LogP contribution < -0.4 is 5.73 Å². The molecule has 2 rings (SSSR count). The van der Waals surface area contributed by atoms with Gasteiger partial charge in [0.05, 0.1) is 12.1 Å². The number of nitrogens with two attached hydrogens (primary N) is 1. The molecule has 0 radical (unpaired) electrons. The van der Waals surface area contributed by atoms with Gasteiger partial charge in [-0.15, -0.1) is 0 Å². The Morgan fingerprint density at radius 2 is 2.00 bits per heavy atom. The Balaban J connectivity index is 2.43. The van der Waals surface area contributed by atoms with Crippen molar-refractivity contribution in [1.29, 1.82) is 0 Å². The Hall–Kier alpha value is -1.51. The predicted octanol–water partition coefficient (Wildman–Crippen LogP) is 2.58. The highest BCUT2D eigenvalue weighted by Crippen LogP contribution is 2.38. The third-order valence-corrected chi connectivity index (χ3v) is 3.67. The number of guanidine groups is 1. The van der Waals surface area contributed by atoms with Crippen molar-refractivity contribution in [1.82, 2.24) is 4.90 Å². The van der Waals surface area contributed by atoms with Crippen LogP contribution in [0, 0.1) is 5.92 Å². The summed E-state index contributed by atoms with van der Waals surface area (Å²) in [5, 5.41) is 0. The summed E-state index contributed by atoms with van der Waals surface area (Å²) in [6.07, 6.45) is 1.08. The lowest BCUT2D eigenvalue weighted by Gasteiger charge is -2.40. The van der Waals surface area contributed by atoms with Crippen LogP contribution in [-0.4, -0.2) is 23.9 Å². The molecule has 0 spiro atoms. The molecule has 0 fully saturated rings. The fraction of sp³-hybridized carbons (Fsp3) is 0.533. The summed E-state index contributed by atoms with van der Waals surface area (Å²) in [6.45, 7) is 8.33. The largest absolute Gasteiger partial charge is 0.370 e. The summed E-state index contributed by atoms with van der Waals surface area (Å²) in [7, 11) is 0. The monoisotopic (exact) mass is 245 g/mol. The van der Waals surface area contributed by atoms with Crippen molar-refractivity contribution in [3.8, 4) is 0 Å². The molecule has 0 amide bonds. The molecule has 1 aliphatic rings. The molecule has 3 nitrogen and oxygen atoms in total. The molecule has 1 aliphatic heterocycles. The number of rotatable bonds is 4. The lowest BCUT2D eigenvalue weighted by molar-refractivity contribution is 0.172. The van der Waals surface area contributed by atoms with E-state index < -0.39 is 0 Å². The molecule has 98 valence electrons. The third-order valence-electron chi connectivity index (χ3n) is 3.67. The first-order chi connectivity index (χ1) is 8.60. The number of hydrogen-bond acceptors (Lipinski definition) is 3. The molecule has 0 saturated heterocycles. The van der Waals surface area contributed by atoms with Crippen LogP contribution in [0.15, 0.2) is 35.3 Å². The van der Waals surface area contributed by atoms with E-state index in [0.29, 0.717) is 11.9 Å². The fourth-order valence-corrected chi connectivity index (χ4v) is 3.03. The molecule has 0 saturated carbocycles. The molecule has 1 heterocycles. The zero-order valence-electron chi connectivity index (χ0n) is 11.6. The zero-order chi connectivity index (χ0) is 13.2. The maximum atomic E-state index is 6.05. The minimum Gasteiger partial charge on any atom is -0.370 e. The zero-order valence-corrected chi connectivity index (χ0v) is 11.6. The van der Waals surface area contributed by atoms with Crippen molar-refractivity contribution in [3.05, 3.63) is 35.9 Å². The Morgan fingerprint density at radius 3 is 2.56 bits per heavy atom. The standard InChI is InChI=1S/C15H23N3/c1-4-18-14(16)17-11-15(18,10-12(2)3)13-8-6-5-7-9-13/h5-9,12H,4,10-11H2,1-3H3,(H2,16,17). The van der Waals surface area contributed by atoms with Crippen molar-refractivity contribution in [2.45, 2.75) is 32.7 Å². The summed E-state index contributed by atoms with van der Waals surface area (Å²) in [6, 6.07) is 10.6. The minimum atomic E-state index is -0.0474. The van der Waals surface area contributed by atoms with Crippen LogP contribution >= 0.6 is 0 Å². The van der Waals surface area contributed by atoms with E-state index in [-0.39, 0.29) is 5.54 Å². The van der Waals surface area contributed by atoms with Gasteiger partial charge in [-0.2, -0.15) is 0 Å². The Morgan fingerprint density at radius 1 is 1.33 bits per heavy atom. The average Bonchev–Trinajstić information content (AvgIpc) is 2.67. The molecule has 0 bridgehead atoms. The first kappa shape index (κ1) is 12.9. The maximum Gasteiger partial charge on any atom is 0.192 e. The van der Waals surface area contributed by atoms with Gasteiger partial charge in [0, 0.05) is 6.54 Å². The van der Waals surface area contributed by atoms with Crippen molar-refractivity contribution in [3.63, 3.8) is 0 Å². The lowest BCUT2D eigenvalue weighted by Crippen LogP contribution is -2.49. The van der Waals surface area contributed by atoms with Gasteiger partial charge in [-0.05, 0) is 24.8 Å². The van der Waals surface area contributed by atoms with E-state index in [9.17, 15) is 0 Å². The average molecular weight is 245 g/mol. The lowest BCUT2D eigenvalue weighted by atomic mass is 9.81. The first-order valence-electron chi connectivity index (χ1n) is 6.73. The number of likely N-dealkylation sites (N-methyl/N-ethyl adjacent to an activating group) is 1. The highest BCUT2D eigenvalue weighted by Gasteiger charge is 2.43. The summed E-state index contributed by atoms with van der Waals surface area (Å²) in [5.41, 5.74) is 7.33. The van der Waals surface area contributed by atoms with Gasteiger partial charge in [-0.25, -0.2) is 0 Å². The van der Waals surface area contributed by atoms with Crippen LogP contribution in [0.25, 0.3) is 0 Å². The molecule has 2 N–H and O–H groups in total. The second-order valence-electron chi connectivity index (χ2n) is 5.41. The smallest absolute Gasteiger partial charge is 0.192 e. The van der Waals surface area contributed by atoms with E-state index in [1.54, 1.807) is 0 Å². The van der Waals surface area contributed by atoms with Crippen molar-refractivity contribution >= 4 is 5.96 Å². The molecule has 0 aromatic heterocycles. The second-order valence-corrected chi connectivity index (χ2v) is 5.41. The second kappa shape index (κ2) is 5.01. The molecular formula is C15H23N3. The van der Waals surface area contributed by atoms with Gasteiger partial charge in [0.1, 0.15) is 0 Å². The van der Waals surface area contributed by atoms with E-state index in [0.717, 1.165) is 19.5 Å². The van der Waals surface area contributed by atoms with Gasteiger partial charge in [-0.1, -0.05) is 44.2 Å². The van der Waals surface area contributed by atoms with Crippen LogP contribution in [0.4, 0.5) is 0 Å². The van der Waals surface area contributed by atoms with E-state index in [1.807, 2.05) is 0 Å². The molecule has 3 heteroatoms. The Bertz CT molecular complexity index is 425. The van der Waals surface area contributed by atoms with Crippen molar-refractivity contribution in [2.24, 2.45) is 16.6 Å². The topological polar surface area (TPSA) is 41.6 Å². The number of aliphatic imine (C=N–C) groups is 1. The van der Waals surface area contributed by atoms with E-state index in [4.69, 9.17) is 5.73 Å². The van der Waals surface area contributed by atoms with Crippen LogP contribution in [-0.2, 0) is 5.54 Å². The Labute approximate surface area is 110 Å². The van der Waals surface area contributed by atoms with Gasteiger partial charge < -0.3 is 10.6 Å². The first-order valence-corrected chi connectivity index (χ1v) is 6.73. The number of nitrogens with zero attached hydrogens (tertiary/aromatic N) is 2. The van der Waals surface area contributed by atoms with Crippen molar-refractivity contribution < 1.29 is 0 Å². The van der Waals surface area contributed by atoms with Crippen molar-refractivity contribution in [2.75, 3.05) is 13.1 Å². The maximum absolute atomic E-state index is 6.05. The SMILES string of the molecule is CCN1C(N)=NCC1(CC(C)C)c1ccccc1. The Kier molecular flexibility index (Phi) is 3.60. The summed E-state index contributed by atoms with van der Waals surface area (Å²) in [5.74, 6) is 1.29. The number of hydrogen-bond donors (Lipinski definition) is 1. The van der Waals surface area contributed by atoms with Crippen LogP contribution in [0.2, 0.25) is 0 Å².